The van der Waals surface area contributed by atoms with Gasteiger partial charge in [0.25, 0.3) is 15.9 Å². The molecule has 0 bridgehead atoms. The maximum absolute atomic E-state index is 12.7. The molecule has 8 heteroatoms. The number of carbonyl (C=O) groups excluding carboxylic acids is 1. The molecule has 0 heterocycles. The Kier molecular flexibility index (Phi) is 6.87. The van der Waals surface area contributed by atoms with Crippen LogP contribution >= 0.6 is 11.6 Å². The molecule has 31 heavy (non-hydrogen) atoms. The fourth-order valence-corrected chi connectivity index (χ4v) is 4.39. The number of rotatable bonds is 7. The molecule has 3 aromatic carbocycles. The van der Waals surface area contributed by atoms with Crippen LogP contribution in [0.4, 0.5) is 5.69 Å². The highest BCUT2D eigenvalue weighted by atomic mass is 35.5. The second-order valence-electron chi connectivity index (χ2n) is 7.05. The van der Waals surface area contributed by atoms with Crippen molar-refractivity contribution in [3.8, 4) is 5.75 Å². The summed E-state index contributed by atoms with van der Waals surface area (Å²) in [5.41, 5.74) is 2.29. The second-order valence-corrected chi connectivity index (χ2v) is 9.14. The van der Waals surface area contributed by atoms with Crippen molar-refractivity contribution in [3.05, 3.63) is 88.4 Å². The Bertz CT molecular complexity index is 1190. The number of amides is 1. The second kappa shape index (κ2) is 9.41. The summed E-state index contributed by atoms with van der Waals surface area (Å²) in [7, 11) is -2.20. The molecule has 0 aliphatic rings. The van der Waals surface area contributed by atoms with E-state index in [0.29, 0.717) is 5.75 Å². The van der Waals surface area contributed by atoms with Crippen LogP contribution in [0.5, 0.6) is 5.75 Å². The highest BCUT2D eigenvalue weighted by Crippen LogP contribution is 2.27. The molecular formula is C23H23ClN2O4S. The predicted octanol–water partition coefficient (Wildman–Crippen LogP) is 4.95. The molecule has 0 aliphatic heterocycles. The van der Waals surface area contributed by atoms with Crippen LogP contribution in [0.15, 0.2) is 71.6 Å². The van der Waals surface area contributed by atoms with Gasteiger partial charge in [-0.2, -0.15) is 0 Å². The molecule has 1 amide bonds. The molecule has 0 saturated heterocycles. The van der Waals surface area contributed by atoms with E-state index in [0.717, 1.165) is 11.1 Å². The first kappa shape index (κ1) is 22.7. The predicted molar refractivity (Wildman–Crippen MR) is 122 cm³/mol. The molecule has 0 fully saturated rings. The molecule has 1 atom stereocenters. The first-order chi connectivity index (χ1) is 14.7. The van der Waals surface area contributed by atoms with Crippen molar-refractivity contribution < 1.29 is 17.9 Å². The summed E-state index contributed by atoms with van der Waals surface area (Å²) >= 11 is 6.29. The Morgan fingerprint density at radius 3 is 2.35 bits per heavy atom. The van der Waals surface area contributed by atoms with Crippen LogP contribution < -0.4 is 14.8 Å². The normalized spacial score (nSPS) is 12.1. The summed E-state index contributed by atoms with van der Waals surface area (Å²) in [5.74, 6) is 0.290. The van der Waals surface area contributed by atoms with Crippen molar-refractivity contribution in [2.45, 2.75) is 24.8 Å². The smallest absolute Gasteiger partial charge is 0.261 e. The molecule has 6 nitrogen and oxygen atoms in total. The Morgan fingerprint density at radius 2 is 1.71 bits per heavy atom. The van der Waals surface area contributed by atoms with Crippen LogP contribution in [0.3, 0.4) is 0 Å². The molecule has 2 N–H and O–H groups in total. The molecule has 0 saturated carbocycles. The molecule has 0 radical (unpaired) electrons. The summed E-state index contributed by atoms with van der Waals surface area (Å²) in [5, 5.41) is 3.02. The lowest BCUT2D eigenvalue weighted by Crippen LogP contribution is -2.27. The lowest BCUT2D eigenvalue weighted by molar-refractivity contribution is 0.0939. The Morgan fingerprint density at radius 1 is 1.03 bits per heavy atom. The van der Waals surface area contributed by atoms with Crippen molar-refractivity contribution in [2.24, 2.45) is 0 Å². The summed E-state index contributed by atoms with van der Waals surface area (Å²) in [4.78, 5) is 12.9. The van der Waals surface area contributed by atoms with Crippen LogP contribution in [-0.4, -0.2) is 21.4 Å². The number of carbonyl (C=O) groups is 1. The molecule has 162 valence electrons. The number of anilines is 1. The standard InChI is InChI=1S/C23H23ClN2O4S/c1-15-8-11-18(12-9-15)31(28,29)26-17-10-13-20(21(24)14-17)23(27)25-16(2)19-6-4-5-7-22(19)30-3/h4-14,16,26H,1-3H3,(H,25,27)/t16-/m1/s1. The van der Waals surface area contributed by atoms with Crippen LogP contribution in [0.2, 0.25) is 5.02 Å². The fourth-order valence-electron chi connectivity index (χ4n) is 3.07. The van der Waals surface area contributed by atoms with Gasteiger partial charge in [-0.15, -0.1) is 0 Å². The number of halogens is 1. The zero-order valence-electron chi connectivity index (χ0n) is 17.3. The van der Waals surface area contributed by atoms with Gasteiger partial charge in [0.2, 0.25) is 0 Å². The van der Waals surface area contributed by atoms with Crippen molar-refractivity contribution in [3.63, 3.8) is 0 Å². The Hall–Kier alpha value is -3.03. The molecule has 3 rings (SSSR count). The third-order valence-corrected chi connectivity index (χ3v) is 6.46. The highest BCUT2D eigenvalue weighted by molar-refractivity contribution is 7.92. The van der Waals surface area contributed by atoms with E-state index in [1.165, 1.54) is 30.3 Å². The number of nitrogens with one attached hydrogen (secondary N) is 2. The number of sulfonamides is 1. The monoisotopic (exact) mass is 458 g/mol. The molecule has 0 aromatic heterocycles. The number of hydrogen-bond donors (Lipinski definition) is 2. The molecule has 0 spiro atoms. The van der Waals surface area contributed by atoms with Crippen LogP contribution in [0, 0.1) is 6.92 Å². The molecule has 0 aliphatic carbocycles. The van der Waals surface area contributed by atoms with Crippen molar-refractivity contribution in [1.29, 1.82) is 0 Å². The SMILES string of the molecule is COc1ccccc1[C@@H](C)NC(=O)c1ccc(NS(=O)(=O)c2ccc(C)cc2)cc1Cl. The minimum atomic E-state index is -3.77. The lowest BCUT2D eigenvalue weighted by atomic mass is 10.1. The Balaban J connectivity index is 1.75. The average molecular weight is 459 g/mol. The summed E-state index contributed by atoms with van der Waals surface area (Å²) in [6.07, 6.45) is 0. The third-order valence-electron chi connectivity index (χ3n) is 4.75. The zero-order chi connectivity index (χ0) is 22.6. The number of benzene rings is 3. The van der Waals surface area contributed by atoms with E-state index in [1.807, 2.05) is 38.1 Å². The molecule has 3 aromatic rings. The van der Waals surface area contributed by atoms with Crippen LogP contribution in [-0.2, 0) is 10.0 Å². The third kappa shape index (κ3) is 5.37. The number of para-hydroxylation sites is 1. The summed E-state index contributed by atoms with van der Waals surface area (Å²) in [6, 6.07) is 18.0. The van der Waals surface area contributed by atoms with E-state index in [9.17, 15) is 13.2 Å². The number of ether oxygens (including phenoxy) is 1. The van der Waals surface area contributed by atoms with E-state index in [4.69, 9.17) is 16.3 Å². The van der Waals surface area contributed by atoms with Gasteiger partial charge in [0.05, 0.1) is 34.3 Å². The van der Waals surface area contributed by atoms with E-state index in [1.54, 1.807) is 19.2 Å². The van der Waals surface area contributed by atoms with E-state index < -0.39 is 10.0 Å². The average Bonchev–Trinajstić information content (AvgIpc) is 2.73. The summed E-state index contributed by atoms with van der Waals surface area (Å²) < 4.78 is 32.9. The van der Waals surface area contributed by atoms with Gasteiger partial charge in [0.1, 0.15) is 5.75 Å². The fraction of sp³-hybridized carbons (Fsp3) is 0.174. The van der Waals surface area contributed by atoms with Crippen LogP contribution in [0.25, 0.3) is 0 Å². The lowest BCUT2D eigenvalue weighted by Gasteiger charge is -2.18. The van der Waals surface area contributed by atoms with Gasteiger partial charge >= 0.3 is 0 Å². The first-order valence-corrected chi connectivity index (χ1v) is 11.4. The molecular weight excluding hydrogens is 436 g/mol. The van der Waals surface area contributed by atoms with Crippen molar-refractivity contribution in [1.82, 2.24) is 5.32 Å². The van der Waals surface area contributed by atoms with Crippen LogP contribution in [0.1, 0.15) is 34.5 Å². The maximum atomic E-state index is 12.7. The number of methoxy groups -OCH3 is 1. The van der Waals surface area contributed by atoms with E-state index in [2.05, 4.69) is 10.0 Å². The largest absolute Gasteiger partial charge is 0.496 e. The van der Waals surface area contributed by atoms with Gasteiger partial charge in [-0.25, -0.2) is 8.42 Å². The van der Waals surface area contributed by atoms with Gasteiger partial charge in [-0.1, -0.05) is 47.5 Å². The maximum Gasteiger partial charge on any atom is 0.261 e. The van der Waals surface area contributed by atoms with E-state index >= 15 is 0 Å². The topological polar surface area (TPSA) is 84.5 Å². The highest BCUT2D eigenvalue weighted by Gasteiger charge is 2.19. The van der Waals surface area contributed by atoms with E-state index in [-0.39, 0.29) is 33.1 Å². The Labute approximate surface area is 187 Å². The van der Waals surface area contributed by atoms with Gasteiger partial charge in [-0.3, -0.25) is 9.52 Å². The number of hydrogen-bond acceptors (Lipinski definition) is 4. The quantitative estimate of drug-likeness (QED) is 0.524. The number of aryl methyl sites for hydroxylation is 1. The van der Waals surface area contributed by atoms with Gasteiger partial charge in [-0.05, 0) is 50.2 Å². The van der Waals surface area contributed by atoms with Crippen molar-refractivity contribution in [2.75, 3.05) is 11.8 Å². The first-order valence-electron chi connectivity index (χ1n) is 9.54. The minimum absolute atomic E-state index is 0.133. The minimum Gasteiger partial charge on any atom is -0.496 e. The van der Waals surface area contributed by atoms with Crippen molar-refractivity contribution >= 4 is 33.2 Å². The molecule has 0 unspecified atom stereocenters. The summed E-state index contributed by atoms with van der Waals surface area (Å²) in [6.45, 7) is 3.72. The zero-order valence-corrected chi connectivity index (χ0v) is 18.9. The van der Waals surface area contributed by atoms with Gasteiger partial charge < -0.3 is 10.1 Å². The van der Waals surface area contributed by atoms with Gasteiger partial charge in [0.15, 0.2) is 0 Å². The van der Waals surface area contributed by atoms with Gasteiger partial charge in [0, 0.05) is 5.56 Å².